The third-order valence-corrected chi connectivity index (χ3v) is 3.36. The van der Waals surface area contributed by atoms with E-state index in [1.54, 1.807) is 7.05 Å². The van der Waals surface area contributed by atoms with Crippen LogP contribution in [0.3, 0.4) is 0 Å². The average Bonchev–Trinajstić information content (AvgIpc) is 3.01. The first kappa shape index (κ1) is 17.7. The maximum atomic E-state index is 11.8. The second kappa shape index (κ2) is 9.59. The molecule has 1 amide bonds. The van der Waals surface area contributed by atoms with Gasteiger partial charge in [0.15, 0.2) is 5.96 Å². The molecule has 1 aliphatic rings. The van der Waals surface area contributed by atoms with E-state index in [1.165, 1.54) is 12.8 Å². The molecular formula is C15H23IN4O. The minimum atomic E-state index is -0.0193. The molecule has 0 aromatic heterocycles. The molecule has 1 fully saturated rings. The van der Waals surface area contributed by atoms with E-state index in [0.717, 1.165) is 24.6 Å². The Kier molecular flexibility index (Phi) is 8.11. The van der Waals surface area contributed by atoms with Crippen molar-refractivity contribution < 1.29 is 4.79 Å². The molecule has 6 heteroatoms. The van der Waals surface area contributed by atoms with Gasteiger partial charge in [0.2, 0.25) is 5.91 Å². The van der Waals surface area contributed by atoms with Crippen LogP contribution in [-0.4, -0.2) is 43.4 Å². The number of nitrogens with one attached hydrogen (secondary N) is 2. The summed E-state index contributed by atoms with van der Waals surface area (Å²) in [5.74, 6) is 0.798. The molecule has 0 unspecified atom stereocenters. The second-order valence-corrected chi connectivity index (χ2v) is 4.86. The van der Waals surface area contributed by atoms with Crippen molar-refractivity contribution in [3.63, 3.8) is 0 Å². The van der Waals surface area contributed by atoms with Crippen LogP contribution >= 0.6 is 24.0 Å². The molecule has 2 rings (SSSR count). The van der Waals surface area contributed by atoms with Gasteiger partial charge in [-0.25, -0.2) is 0 Å². The summed E-state index contributed by atoms with van der Waals surface area (Å²) in [4.78, 5) is 18.2. The third-order valence-electron chi connectivity index (χ3n) is 3.36. The van der Waals surface area contributed by atoms with Crippen LogP contribution in [0.5, 0.6) is 0 Å². The number of aliphatic imine (C=N–C) groups is 1. The summed E-state index contributed by atoms with van der Waals surface area (Å²) < 4.78 is 0. The molecule has 0 saturated carbocycles. The lowest BCUT2D eigenvalue weighted by Crippen LogP contribution is -2.44. The zero-order valence-corrected chi connectivity index (χ0v) is 14.7. The highest BCUT2D eigenvalue weighted by atomic mass is 127. The highest BCUT2D eigenvalue weighted by molar-refractivity contribution is 14.0. The summed E-state index contributed by atoms with van der Waals surface area (Å²) in [7, 11) is 1.75. The van der Waals surface area contributed by atoms with Gasteiger partial charge in [0.1, 0.15) is 0 Å². The Morgan fingerprint density at radius 3 is 2.48 bits per heavy atom. The van der Waals surface area contributed by atoms with Crippen molar-refractivity contribution in [2.75, 3.05) is 26.7 Å². The van der Waals surface area contributed by atoms with Crippen LogP contribution in [0.15, 0.2) is 35.3 Å². The highest BCUT2D eigenvalue weighted by Gasteiger charge is 2.15. The van der Waals surface area contributed by atoms with E-state index in [-0.39, 0.29) is 36.4 Å². The molecule has 21 heavy (non-hydrogen) atoms. The van der Waals surface area contributed by atoms with Gasteiger partial charge in [0.25, 0.3) is 0 Å². The smallest absolute Gasteiger partial charge is 0.239 e. The standard InChI is InChI=1S/C15H22N4O.HI/c1-16-15(19-9-5-6-10-19)18-12-14(20)17-11-13-7-3-2-4-8-13;/h2-4,7-8H,5-6,9-12H2,1H3,(H,16,18)(H,17,20);1H. The predicted molar refractivity (Wildman–Crippen MR) is 95.9 cm³/mol. The van der Waals surface area contributed by atoms with Gasteiger partial charge < -0.3 is 15.5 Å². The van der Waals surface area contributed by atoms with Crippen molar-refractivity contribution in [1.29, 1.82) is 0 Å². The molecule has 2 N–H and O–H groups in total. The Morgan fingerprint density at radius 2 is 1.86 bits per heavy atom. The van der Waals surface area contributed by atoms with Crippen LogP contribution in [0.25, 0.3) is 0 Å². The lowest BCUT2D eigenvalue weighted by molar-refractivity contribution is -0.120. The summed E-state index contributed by atoms with van der Waals surface area (Å²) in [5.41, 5.74) is 1.10. The van der Waals surface area contributed by atoms with Crippen molar-refractivity contribution in [3.8, 4) is 0 Å². The van der Waals surface area contributed by atoms with Gasteiger partial charge in [-0.3, -0.25) is 9.79 Å². The number of halogens is 1. The molecule has 0 radical (unpaired) electrons. The lowest BCUT2D eigenvalue weighted by atomic mass is 10.2. The molecule has 1 aromatic rings. The van der Waals surface area contributed by atoms with E-state index in [2.05, 4.69) is 20.5 Å². The quantitative estimate of drug-likeness (QED) is 0.457. The van der Waals surface area contributed by atoms with E-state index in [9.17, 15) is 4.79 Å². The first-order valence-corrected chi connectivity index (χ1v) is 7.06. The molecule has 0 bridgehead atoms. The topological polar surface area (TPSA) is 56.7 Å². The van der Waals surface area contributed by atoms with Crippen molar-refractivity contribution in [1.82, 2.24) is 15.5 Å². The van der Waals surface area contributed by atoms with Crippen molar-refractivity contribution >= 4 is 35.8 Å². The zero-order chi connectivity index (χ0) is 14.2. The Balaban J connectivity index is 0.00000220. The van der Waals surface area contributed by atoms with E-state index in [1.807, 2.05) is 30.3 Å². The molecule has 1 heterocycles. The van der Waals surface area contributed by atoms with Gasteiger partial charge >= 0.3 is 0 Å². The first-order chi connectivity index (χ1) is 9.79. The van der Waals surface area contributed by atoms with Crippen molar-refractivity contribution in [3.05, 3.63) is 35.9 Å². The van der Waals surface area contributed by atoms with Crippen LogP contribution in [0, 0.1) is 0 Å². The number of benzene rings is 1. The number of guanidine groups is 1. The molecule has 1 aromatic carbocycles. The van der Waals surface area contributed by atoms with Crippen LogP contribution in [0.2, 0.25) is 0 Å². The molecule has 1 aliphatic heterocycles. The fraction of sp³-hybridized carbons (Fsp3) is 0.467. The minimum absolute atomic E-state index is 0. The Labute approximate surface area is 143 Å². The molecule has 0 spiro atoms. The summed E-state index contributed by atoms with van der Waals surface area (Å²) in [6.07, 6.45) is 2.39. The number of carbonyl (C=O) groups is 1. The lowest BCUT2D eigenvalue weighted by Gasteiger charge is -2.20. The fourth-order valence-corrected chi connectivity index (χ4v) is 2.28. The maximum absolute atomic E-state index is 11.8. The number of hydrogen-bond acceptors (Lipinski definition) is 2. The highest BCUT2D eigenvalue weighted by Crippen LogP contribution is 2.06. The largest absolute Gasteiger partial charge is 0.350 e. The number of hydrogen-bond donors (Lipinski definition) is 2. The molecule has 116 valence electrons. The van der Waals surface area contributed by atoms with Gasteiger partial charge in [0.05, 0.1) is 6.54 Å². The summed E-state index contributed by atoms with van der Waals surface area (Å²) in [6, 6.07) is 9.89. The number of rotatable bonds is 4. The van der Waals surface area contributed by atoms with Gasteiger partial charge in [0, 0.05) is 26.7 Å². The van der Waals surface area contributed by atoms with E-state index in [0.29, 0.717) is 6.54 Å². The van der Waals surface area contributed by atoms with E-state index in [4.69, 9.17) is 0 Å². The van der Waals surface area contributed by atoms with Crippen molar-refractivity contribution in [2.45, 2.75) is 19.4 Å². The zero-order valence-electron chi connectivity index (χ0n) is 12.3. The summed E-state index contributed by atoms with van der Waals surface area (Å²) in [6.45, 7) is 2.86. The maximum Gasteiger partial charge on any atom is 0.239 e. The Morgan fingerprint density at radius 1 is 1.19 bits per heavy atom. The van der Waals surface area contributed by atoms with Crippen molar-refractivity contribution in [2.24, 2.45) is 4.99 Å². The molecule has 5 nitrogen and oxygen atoms in total. The van der Waals surface area contributed by atoms with Gasteiger partial charge in [-0.05, 0) is 18.4 Å². The van der Waals surface area contributed by atoms with Gasteiger partial charge in [-0.15, -0.1) is 24.0 Å². The Hall–Kier alpha value is -1.31. The Bertz CT molecular complexity index is 458. The number of likely N-dealkylation sites (tertiary alicyclic amines) is 1. The number of nitrogens with zero attached hydrogens (tertiary/aromatic N) is 2. The summed E-state index contributed by atoms with van der Waals surface area (Å²) >= 11 is 0. The molecular weight excluding hydrogens is 379 g/mol. The van der Waals surface area contributed by atoms with E-state index < -0.39 is 0 Å². The molecule has 0 atom stereocenters. The number of carbonyl (C=O) groups excluding carboxylic acids is 1. The molecule has 0 aliphatic carbocycles. The fourth-order valence-electron chi connectivity index (χ4n) is 2.28. The monoisotopic (exact) mass is 402 g/mol. The summed E-state index contributed by atoms with van der Waals surface area (Å²) in [5, 5.41) is 6.01. The van der Waals surface area contributed by atoms with Crippen LogP contribution in [-0.2, 0) is 11.3 Å². The van der Waals surface area contributed by atoms with Crippen LogP contribution in [0.4, 0.5) is 0 Å². The van der Waals surface area contributed by atoms with Crippen LogP contribution in [0.1, 0.15) is 18.4 Å². The van der Waals surface area contributed by atoms with E-state index >= 15 is 0 Å². The first-order valence-electron chi connectivity index (χ1n) is 7.06. The SMILES string of the molecule is CN=C(NCC(=O)NCc1ccccc1)N1CCCC1.I. The van der Waals surface area contributed by atoms with Gasteiger partial charge in [-0.2, -0.15) is 0 Å². The van der Waals surface area contributed by atoms with Gasteiger partial charge in [-0.1, -0.05) is 30.3 Å². The normalized spacial score (nSPS) is 14.5. The third kappa shape index (κ3) is 5.91. The van der Waals surface area contributed by atoms with Crippen LogP contribution < -0.4 is 10.6 Å². The minimum Gasteiger partial charge on any atom is -0.350 e. The molecule has 1 saturated heterocycles. The number of amides is 1. The second-order valence-electron chi connectivity index (χ2n) is 4.86. The predicted octanol–water partition coefficient (Wildman–Crippen LogP) is 1.59. The average molecular weight is 402 g/mol.